The van der Waals surface area contributed by atoms with Gasteiger partial charge in [0.25, 0.3) is 0 Å². The lowest BCUT2D eigenvalue weighted by molar-refractivity contribution is -0.354. The molecular formula is C56H104O20. The largest absolute Gasteiger partial charge is 0.463 e. The van der Waals surface area contributed by atoms with Crippen LogP contribution in [0.2, 0.25) is 0 Å². The molecule has 0 aromatic rings. The van der Waals surface area contributed by atoms with Crippen molar-refractivity contribution in [3.05, 3.63) is 0 Å². The van der Waals surface area contributed by atoms with E-state index < -0.39 is 110 Å². The summed E-state index contributed by atoms with van der Waals surface area (Å²) in [6.07, 6.45) is -13.1. The molecule has 6 aliphatic heterocycles. The van der Waals surface area contributed by atoms with Crippen molar-refractivity contribution in [3.63, 3.8) is 0 Å². The van der Waals surface area contributed by atoms with Crippen molar-refractivity contribution in [2.45, 2.75) is 248 Å². The van der Waals surface area contributed by atoms with Gasteiger partial charge in [0.15, 0.2) is 25.2 Å². The summed E-state index contributed by atoms with van der Waals surface area (Å²) >= 11 is 0. The third-order valence-electron chi connectivity index (χ3n) is 15.4. The molecule has 0 saturated carbocycles. The SMILES string of the molecule is CC.CC.CC(C)CC(=O)OC[C@@H]1O[C@H](O[C@@H]2[C@@H](O[C@H]3[C@H](O)[C@@H](C)CO[C@@H]3C)OC[C@H](C)[C@H]2O)[C@@H](C)[C@H](O)[C@H]1C.CC(C)CC(=O)OC[C@H]1O[C@@H](O[C@H]2[C@H](O[C@@H]3[C@@H](O)[C@H](C)CO[C@H]3C)OC[C@@H](C)[C@@H]2O)[C@H](C)[C@@H](O)[C@@H]1C. The number of carbonyl (C=O) groups is 2. The summed E-state index contributed by atoms with van der Waals surface area (Å²) in [5.74, 6) is -2.39. The Morgan fingerprint density at radius 1 is 0.408 bits per heavy atom. The Balaban J connectivity index is 0.000000376. The van der Waals surface area contributed by atoms with Crippen LogP contribution in [0.4, 0.5) is 0 Å². The van der Waals surface area contributed by atoms with Gasteiger partial charge in [-0.1, -0.05) is 111 Å². The van der Waals surface area contributed by atoms with Crippen LogP contribution in [0.5, 0.6) is 0 Å². The maximum absolute atomic E-state index is 12.1. The molecule has 20 nitrogen and oxygen atoms in total. The lowest BCUT2D eigenvalue weighted by Gasteiger charge is -2.47. The Bertz CT molecular complexity index is 1530. The Morgan fingerprint density at radius 2 is 0.684 bits per heavy atom. The van der Waals surface area contributed by atoms with Crippen molar-refractivity contribution in [2.75, 3.05) is 39.6 Å². The minimum Gasteiger partial charge on any atom is -0.463 e. The molecule has 26 atom stereocenters. The fraction of sp³-hybridized carbons (Fsp3) is 0.964. The van der Waals surface area contributed by atoms with Gasteiger partial charge in [-0.15, -0.1) is 0 Å². The van der Waals surface area contributed by atoms with Gasteiger partial charge in [-0.05, 0) is 25.7 Å². The van der Waals surface area contributed by atoms with Gasteiger partial charge in [-0.25, -0.2) is 0 Å². The molecule has 0 aliphatic carbocycles. The maximum atomic E-state index is 12.1. The Morgan fingerprint density at radius 3 is 0.987 bits per heavy atom. The summed E-state index contributed by atoms with van der Waals surface area (Å²) in [4.78, 5) is 24.1. The fourth-order valence-electron chi connectivity index (χ4n) is 9.96. The number of carbonyl (C=O) groups excluding carboxylic acids is 2. The van der Waals surface area contributed by atoms with E-state index in [0.29, 0.717) is 26.1 Å². The lowest BCUT2D eigenvalue weighted by atomic mass is 9.86. The molecule has 448 valence electrons. The van der Waals surface area contributed by atoms with E-state index in [1.54, 1.807) is 0 Å². The topological polar surface area (TPSA) is 266 Å². The van der Waals surface area contributed by atoms with Crippen LogP contribution in [0.15, 0.2) is 0 Å². The van der Waals surface area contributed by atoms with Gasteiger partial charge in [-0.3, -0.25) is 9.59 Å². The average molecular weight is 1100 g/mol. The molecule has 0 bridgehead atoms. The number of hydrogen-bond donors (Lipinski definition) is 6. The van der Waals surface area contributed by atoms with Crippen LogP contribution in [-0.4, -0.2) is 193 Å². The number of aliphatic hydroxyl groups is 6. The van der Waals surface area contributed by atoms with Crippen LogP contribution in [0.25, 0.3) is 0 Å². The fourth-order valence-corrected chi connectivity index (χ4v) is 9.96. The Kier molecular flexibility index (Phi) is 29.5. The van der Waals surface area contributed by atoms with E-state index >= 15 is 0 Å². The molecule has 0 spiro atoms. The predicted molar refractivity (Wildman–Crippen MR) is 280 cm³/mol. The number of hydrogen-bond acceptors (Lipinski definition) is 20. The molecule has 6 saturated heterocycles. The highest BCUT2D eigenvalue weighted by molar-refractivity contribution is 5.69. The van der Waals surface area contributed by atoms with Crippen LogP contribution in [0.1, 0.15) is 137 Å². The molecule has 6 aliphatic rings. The second kappa shape index (κ2) is 32.7. The van der Waals surface area contributed by atoms with Gasteiger partial charge in [0.1, 0.15) is 37.6 Å². The van der Waals surface area contributed by atoms with Crippen molar-refractivity contribution >= 4 is 11.9 Å². The minimum absolute atomic E-state index is 0.00256. The molecule has 6 N–H and O–H groups in total. The van der Waals surface area contributed by atoms with Crippen LogP contribution >= 0.6 is 0 Å². The molecule has 6 rings (SSSR count). The highest BCUT2D eigenvalue weighted by Gasteiger charge is 2.51. The number of rotatable bonds is 16. The molecule has 6 heterocycles. The van der Waals surface area contributed by atoms with E-state index in [9.17, 15) is 40.2 Å². The monoisotopic (exact) mass is 1100 g/mol. The highest BCUT2D eigenvalue weighted by Crippen LogP contribution is 2.38. The van der Waals surface area contributed by atoms with Crippen molar-refractivity contribution in [2.24, 2.45) is 59.2 Å². The second-order valence-corrected chi connectivity index (χ2v) is 22.8. The number of esters is 2. The van der Waals surface area contributed by atoms with E-state index in [0.717, 1.165) is 0 Å². The van der Waals surface area contributed by atoms with Gasteiger partial charge < -0.3 is 87.5 Å². The third kappa shape index (κ3) is 18.7. The summed E-state index contributed by atoms with van der Waals surface area (Å²) in [7, 11) is 0. The molecule has 0 unspecified atom stereocenters. The van der Waals surface area contributed by atoms with Crippen LogP contribution in [-0.2, 0) is 66.4 Å². The first-order chi connectivity index (χ1) is 35.8. The minimum atomic E-state index is -0.971. The highest BCUT2D eigenvalue weighted by atomic mass is 16.8. The predicted octanol–water partition coefficient (Wildman–Crippen LogP) is 5.00. The summed E-state index contributed by atoms with van der Waals surface area (Å²) < 4.78 is 71.3. The van der Waals surface area contributed by atoms with Crippen molar-refractivity contribution < 1.29 is 97.1 Å². The van der Waals surface area contributed by atoms with Gasteiger partial charge >= 0.3 is 11.9 Å². The molecule has 0 aromatic carbocycles. The standard InChI is InChI=1S/2C26H46O10.2C2H6/c2*1-12(2)8-19(27)32-11-18-15(5)22(30)16(6)25(34-18)36-24-21(29)14(4)10-33-26(24)35-23-17(7)31-9-13(3)20(23)28;2*1-2/h2*12-18,20-26,28-30H,8-11H2,1-7H3;2*1-2H3/t2*13-,14-,15-,16-,17+,18-,20+,21+,22+,23+,24-,25+,26+;;/m10../s1. The number of aliphatic hydroxyl groups excluding tert-OH is 6. The maximum Gasteiger partial charge on any atom is 0.306 e. The first kappa shape index (κ1) is 68.6. The molecule has 20 heteroatoms. The van der Waals surface area contributed by atoms with Crippen LogP contribution in [0.3, 0.4) is 0 Å². The van der Waals surface area contributed by atoms with Crippen molar-refractivity contribution in [1.29, 1.82) is 0 Å². The molecule has 76 heavy (non-hydrogen) atoms. The van der Waals surface area contributed by atoms with Crippen molar-refractivity contribution in [1.82, 2.24) is 0 Å². The average Bonchev–Trinajstić information content (AvgIpc) is 3.38. The van der Waals surface area contributed by atoms with Gasteiger partial charge in [0, 0.05) is 60.2 Å². The zero-order valence-corrected chi connectivity index (χ0v) is 49.2. The van der Waals surface area contributed by atoms with Crippen LogP contribution < -0.4 is 0 Å². The molecular weight excluding hydrogens is 993 g/mol. The van der Waals surface area contributed by atoms with E-state index in [4.69, 9.17) is 56.8 Å². The third-order valence-corrected chi connectivity index (χ3v) is 15.4. The van der Waals surface area contributed by atoms with Crippen molar-refractivity contribution in [3.8, 4) is 0 Å². The smallest absolute Gasteiger partial charge is 0.306 e. The van der Waals surface area contributed by atoms with E-state index in [1.165, 1.54) is 0 Å². The summed E-state index contributed by atoms with van der Waals surface area (Å²) in [6.45, 7) is 35.5. The molecule has 0 radical (unpaired) electrons. The van der Waals surface area contributed by atoms with Crippen LogP contribution in [0, 0.1) is 59.2 Å². The second-order valence-electron chi connectivity index (χ2n) is 22.8. The Hall–Kier alpha value is -1.70. The van der Waals surface area contributed by atoms with E-state index in [1.807, 2.05) is 125 Å². The molecule has 0 amide bonds. The number of ether oxygens (including phenoxy) is 12. The summed E-state index contributed by atoms with van der Waals surface area (Å²) in [5, 5.41) is 65.2. The van der Waals surface area contributed by atoms with Gasteiger partial charge in [0.05, 0.1) is 87.5 Å². The van der Waals surface area contributed by atoms with Gasteiger partial charge in [0.2, 0.25) is 0 Å². The quantitative estimate of drug-likeness (QED) is 0.111. The van der Waals surface area contributed by atoms with E-state index in [-0.39, 0.29) is 97.9 Å². The summed E-state index contributed by atoms with van der Waals surface area (Å²) in [6, 6.07) is 0. The lowest BCUT2D eigenvalue weighted by Crippen LogP contribution is -2.60. The van der Waals surface area contributed by atoms with Gasteiger partial charge in [-0.2, -0.15) is 0 Å². The van der Waals surface area contributed by atoms with E-state index in [2.05, 4.69) is 0 Å². The first-order valence-corrected chi connectivity index (χ1v) is 28.6. The summed E-state index contributed by atoms with van der Waals surface area (Å²) in [5.41, 5.74) is 0. The first-order valence-electron chi connectivity index (χ1n) is 28.6. The molecule has 6 fully saturated rings. The molecule has 0 aromatic heterocycles. The normalized spacial score (nSPS) is 43.8. The Labute approximate surface area is 454 Å². The zero-order chi connectivity index (χ0) is 57.5. The zero-order valence-electron chi connectivity index (χ0n) is 49.2.